The van der Waals surface area contributed by atoms with Gasteiger partial charge in [0.1, 0.15) is 0 Å². The normalized spacial score (nSPS) is 18.2. The number of alkyl halides is 3. The minimum Gasteiger partial charge on any atom is -0.356 e. The fraction of sp³-hybridized carbons (Fsp3) is 0.682. The Morgan fingerprint density at radius 1 is 1.13 bits per heavy atom. The summed E-state index contributed by atoms with van der Waals surface area (Å²) in [7, 11) is 3.89. The number of guanidine groups is 1. The maximum Gasteiger partial charge on any atom is 0.416 e. The van der Waals surface area contributed by atoms with Crippen molar-refractivity contribution in [3.8, 4) is 0 Å². The second kappa shape index (κ2) is 13.5. The molecule has 178 valence electrons. The van der Waals surface area contributed by atoms with Gasteiger partial charge in [-0.25, -0.2) is 0 Å². The van der Waals surface area contributed by atoms with Crippen LogP contribution in [0.1, 0.15) is 37.3 Å². The fourth-order valence-corrected chi connectivity index (χ4v) is 3.62. The van der Waals surface area contributed by atoms with E-state index >= 15 is 0 Å². The van der Waals surface area contributed by atoms with Crippen LogP contribution in [0.5, 0.6) is 0 Å². The summed E-state index contributed by atoms with van der Waals surface area (Å²) in [5.74, 6) is 1.25. The lowest BCUT2D eigenvalue weighted by atomic mass is 9.96. The average Bonchev–Trinajstić information content (AvgIpc) is 2.71. The molecule has 2 rings (SSSR count). The lowest BCUT2D eigenvalue weighted by molar-refractivity contribution is -0.137. The van der Waals surface area contributed by atoms with Crippen LogP contribution in [-0.4, -0.2) is 75.7 Å². The largest absolute Gasteiger partial charge is 0.416 e. The van der Waals surface area contributed by atoms with Gasteiger partial charge >= 0.3 is 6.18 Å². The summed E-state index contributed by atoms with van der Waals surface area (Å²) in [6.07, 6.45) is -3.58. The highest BCUT2D eigenvalue weighted by Gasteiger charge is 2.30. The summed E-state index contributed by atoms with van der Waals surface area (Å²) in [4.78, 5) is 9.11. The van der Waals surface area contributed by atoms with E-state index in [1.165, 1.54) is 12.1 Å². The van der Waals surface area contributed by atoms with Crippen LogP contribution in [0.3, 0.4) is 0 Å². The highest BCUT2D eigenvalue weighted by molar-refractivity contribution is 14.0. The summed E-state index contributed by atoms with van der Waals surface area (Å²) in [6.45, 7) is 11.2. The van der Waals surface area contributed by atoms with Crippen molar-refractivity contribution in [2.45, 2.75) is 32.4 Å². The van der Waals surface area contributed by atoms with E-state index in [2.05, 4.69) is 39.4 Å². The quantitative estimate of drug-likeness (QED) is 0.291. The van der Waals surface area contributed by atoms with Gasteiger partial charge in [0.05, 0.1) is 5.56 Å². The van der Waals surface area contributed by atoms with Gasteiger partial charge in [0.2, 0.25) is 0 Å². The first-order chi connectivity index (χ1) is 14.2. The number of nitrogens with one attached hydrogen (secondary N) is 2. The van der Waals surface area contributed by atoms with Gasteiger partial charge in [-0.2, -0.15) is 13.2 Å². The third kappa shape index (κ3) is 9.95. The Kier molecular flexibility index (Phi) is 12.2. The van der Waals surface area contributed by atoms with Gasteiger partial charge in [-0.3, -0.25) is 4.99 Å². The molecule has 0 aliphatic carbocycles. The molecule has 0 spiro atoms. The monoisotopic (exact) mass is 555 g/mol. The first-order valence-electron chi connectivity index (χ1n) is 10.7. The first-order valence-corrected chi connectivity index (χ1v) is 10.7. The standard InChI is InChI=1S/C22H36F3N5.HI/c1-17(16-30-12-10-29(4)11-13-30)15-28-21(26-3)27-9-8-18(2)19-6-5-7-20(14-19)22(23,24)25;/h5-7,14,17-18H,8-13,15-16H2,1-4H3,(H2,26,27,28);1H. The van der Waals surface area contributed by atoms with Crippen LogP contribution in [0.2, 0.25) is 0 Å². The molecule has 31 heavy (non-hydrogen) atoms. The molecular weight excluding hydrogens is 518 g/mol. The lowest BCUT2D eigenvalue weighted by Crippen LogP contribution is -2.47. The Morgan fingerprint density at radius 2 is 1.81 bits per heavy atom. The van der Waals surface area contributed by atoms with Gasteiger partial charge < -0.3 is 20.4 Å². The molecule has 9 heteroatoms. The van der Waals surface area contributed by atoms with E-state index in [-0.39, 0.29) is 29.9 Å². The van der Waals surface area contributed by atoms with Crippen molar-refractivity contribution < 1.29 is 13.2 Å². The Hall–Kier alpha value is -1.07. The van der Waals surface area contributed by atoms with Gasteiger partial charge in [0, 0.05) is 52.9 Å². The molecule has 1 heterocycles. The second-order valence-corrected chi connectivity index (χ2v) is 8.40. The average molecular weight is 555 g/mol. The topological polar surface area (TPSA) is 42.9 Å². The van der Waals surface area contributed by atoms with Crippen molar-refractivity contribution >= 4 is 29.9 Å². The van der Waals surface area contributed by atoms with Gasteiger partial charge in [0.25, 0.3) is 0 Å². The Morgan fingerprint density at radius 3 is 2.42 bits per heavy atom. The fourth-order valence-electron chi connectivity index (χ4n) is 3.62. The maximum absolute atomic E-state index is 12.9. The van der Waals surface area contributed by atoms with Crippen LogP contribution in [-0.2, 0) is 6.18 Å². The Labute approximate surface area is 201 Å². The van der Waals surface area contributed by atoms with E-state index in [4.69, 9.17) is 0 Å². The lowest BCUT2D eigenvalue weighted by Gasteiger charge is -2.34. The molecule has 1 aliphatic rings. The smallest absolute Gasteiger partial charge is 0.356 e. The Bertz CT molecular complexity index is 675. The molecule has 1 aliphatic heterocycles. The van der Waals surface area contributed by atoms with E-state index in [1.807, 2.05) is 6.92 Å². The molecule has 0 saturated carbocycles. The maximum atomic E-state index is 12.9. The van der Waals surface area contributed by atoms with Crippen molar-refractivity contribution in [3.05, 3.63) is 35.4 Å². The molecule has 5 nitrogen and oxygen atoms in total. The molecule has 0 radical (unpaired) electrons. The first kappa shape index (κ1) is 28.0. The molecule has 1 aromatic carbocycles. The molecule has 2 unspecified atom stereocenters. The Balaban J connectivity index is 0.00000480. The molecule has 2 N–H and O–H groups in total. The number of nitrogens with zero attached hydrogens (tertiary/aromatic N) is 3. The summed E-state index contributed by atoms with van der Waals surface area (Å²) in [5, 5.41) is 6.64. The molecule has 1 aromatic rings. The zero-order valence-electron chi connectivity index (χ0n) is 19.0. The zero-order chi connectivity index (χ0) is 22.1. The van der Waals surface area contributed by atoms with Crippen molar-refractivity contribution in [3.63, 3.8) is 0 Å². The molecular formula is C22H37F3IN5. The molecule has 0 aromatic heterocycles. The highest BCUT2D eigenvalue weighted by atomic mass is 127. The zero-order valence-corrected chi connectivity index (χ0v) is 21.3. The number of rotatable bonds is 8. The van der Waals surface area contributed by atoms with E-state index in [0.29, 0.717) is 18.0 Å². The van der Waals surface area contributed by atoms with E-state index < -0.39 is 11.7 Å². The van der Waals surface area contributed by atoms with Crippen molar-refractivity contribution in [2.24, 2.45) is 10.9 Å². The molecule has 2 atom stereocenters. The van der Waals surface area contributed by atoms with Crippen molar-refractivity contribution in [1.29, 1.82) is 0 Å². The van der Waals surface area contributed by atoms with Gasteiger partial charge in [-0.15, -0.1) is 24.0 Å². The molecule has 1 fully saturated rings. The van der Waals surface area contributed by atoms with Gasteiger partial charge in [-0.1, -0.05) is 32.0 Å². The molecule has 1 saturated heterocycles. The second-order valence-electron chi connectivity index (χ2n) is 8.40. The van der Waals surface area contributed by atoms with Crippen molar-refractivity contribution in [1.82, 2.24) is 20.4 Å². The van der Waals surface area contributed by atoms with Crippen LogP contribution >= 0.6 is 24.0 Å². The molecule has 0 bridgehead atoms. The predicted octanol–water partition coefficient (Wildman–Crippen LogP) is 3.87. The predicted molar refractivity (Wildman–Crippen MR) is 132 cm³/mol. The van der Waals surface area contributed by atoms with E-state index in [9.17, 15) is 13.2 Å². The number of benzene rings is 1. The van der Waals surface area contributed by atoms with Gasteiger partial charge in [0.15, 0.2) is 5.96 Å². The minimum absolute atomic E-state index is 0. The third-order valence-corrected chi connectivity index (χ3v) is 5.66. The van der Waals surface area contributed by atoms with Crippen LogP contribution in [0.25, 0.3) is 0 Å². The van der Waals surface area contributed by atoms with E-state index in [1.54, 1.807) is 13.1 Å². The van der Waals surface area contributed by atoms with Crippen LogP contribution in [0.4, 0.5) is 13.2 Å². The summed E-state index contributed by atoms with van der Waals surface area (Å²) < 4.78 is 38.7. The number of hydrogen-bond acceptors (Lipinski definition) is 3. The minimum atomic E-state index is -4.30. The number of aliphatic imine (C=N–C) groups is 1. The summed E-state index contributed by atoms with van der Waals surface area (Å²) in [5.41, 5.74) is 0.113. The number of piperazine rings is 1. The van der Waals surface area contributed by atoms with Gasteiger partial charge in [-0.05, 0) is 36.9 Å². The number of halogens is 4. The summed E-state index contributed by atoms with van der Waals surface area (Å²) >= 11 is 0. The molecule has 0 amide bonds. The number of hydrogen-bond donors (Lipinski definition) is 2. The third-order valence-electron chi connectivity index (χ3n) is 5.66. The van der Waals surface area contributed by atoms with Crippen LogP contribution in [0, 0.1) is 5.92 Å². The van der Waals surface area contributed by atoms with Crippen LogP contribution < -0.4 is 10.6 Å². The number of likely N-dealkylation sites (N-methyl/N-ethyl adjacent to an activating group) is 1. The SMILES string of the molecule is CN=C(NCCC(C)c1cccc(C(F)(F)F)c1)NCC(C)CN1CCN(C)CC1.I. The van der Waals surface area contributed by atoms with Crippen LogP contribution in [0.15, 0.2) is 29.3 Å². The van der Waals surface area contributed by atoms with Crippen molar-refractivity contribution in [2.75, 3.05) is 59.9 Å². The summed E-state index contributed by atoms with van der Waals surface area (Å²) in [6, 6.07) is 5.60. The van der Waals surface area contributed by atoms with E-state index in [0.717, 1.165) is 57.7 Å². The highest BCUT2D eigenvalue weighted by Crippen LogP contribution is 2.31.